The van der Waals surface area contributed by atoms with Crippen LogP contribution in [0, 0.1) is 0 Å². The minimum Gasteiger partial charge on any atom is -0.352 e. The number of alkyl halides is 1. The summed E-state index contributed by atoms with van der Waals surface area (Å²) in [5.74, 6) is 0.247. The molecule has 2 unspecified atom stereocenters. The second kappa shape index (κ2) is 8.96. The fourth-order valence-electron chi connectivity index (χ4n) is 2.42. The SMILES string of the molecule is CCCCCCCCC(=O)NC1CCCC1Br. The van der Waals surface area contributed by atoms with Crippen molar-refractivity contribution in [1.29, 1.82) is 0 Å². The van der Waals surface area contributed by atoms with E-state index in [4.69, 9.17) is 0 Å². The first kappa shape index (κ1) is 15.0. The number of nitrogens with one attached hydrogen (secondary N) is 1. The molecule has 0 spiro atoms. The molecule has 1 saturated carbocycles. The largest absolute Gasteiger partial charge is 0.352 e. The maximum atomic E-state index is 11.7. The second-order valence-electron chi connectivity index (χ2n) is 5.14. The predicted octanol–water partition coefficient (Wildman–Crippen LogP) is 4.17. The van der Waals surface area contributed by atoms with E-state index < -0.39 is 0 Å². The third-order valence-corrected chi connectivity index (χ3v) is 4.63. The Morgan fingerprint density at radius 2 is 1.88 bits per heavy atom. The van der Waals surface area contributed by atoms with E-state index in [-0.39, 0.29) is 5.91 Å². The number of hydrogen-bond donors (Lipinski definition) is 1. The second-order valence-corrected chi connectivity index (χ2v) is 6.31. The summed E-state index contributed by atoms with van der Waals surface area (Å²) in [4.78, 5) is 12.2. The van der Waals surface area contributed by atoms with E-state index in [1.807, 2.05) is 0 Å². The smallest absolute Gasteiger partial charge is 0.220 e. The van der Waals surface area contributed by atoms with Gasteiger partial charge in [0.2, 0.25) is 5.91 Å². The molecular weight excluding hydrogens is 278 g/mol. The van der Waals surface area contributed by atoms with Gasteiger partial charge in [-0.05, 0) is 19.3 Å². The Kier molecular flexibility index (Phi) is 7.91. The van der Waals surface area contributed by atoms with Crippen LogP contribution in [0.5, 0.6) is 0 Å². The van der Waals surface area contributed by atoms with Gasteiger partial charge in [-0.1, -0.05) is 61.4 Å². The molecule has 1 rings (SSSR count). The van der Waals surface area contributed by atoms with Gasteiger partial charge in [0.15, 0.2) is 0 Å². The van der Waals surface area contributed by atoms with Crippen LogP contribution in [0.4, 0.5) is 0 Å². The summed E-state index contributed by atoms with van der Waals surface area (Å²) < 4.78 is 0. The Balaban J connectivity index is 1.97. The molecule has 1 aliphatic rings. The molecule has 0 aromatic heterocycles. The summed E-state index contributed by atoms with van der Waals surface area (Å²) in [5, 5.41) is 3.14. The van der Waals surface area contributed by atoms with E-state index in [1.54, 1.807) is 0 Å². The first-order valence-corrected chi connectivity index (χ1v) is 8.09. The Labute approximate surface area is 114 Å². The van der Waals surface area contributed by atoms with Crippen LogP contribution in [0.3, 0.4) is 0 Å². The van der Waals surface area contributed by atoms with Crippen molar-refractivity contribution in [3.8, 4) is 0 Å². The molecule has 3 heteroatoms. The van der Waals surface area contributed by atoms with Gasteiger partial charge in [-0.2, -0.15) is 0 Å². The van der Waals surface area contributed by atoms with Gasteiger partial charge in [0, 0.05) is 17.3 Å². The Bertz CT molecular complexity index is 220. The number of carbonyl (C=O) groups is 1. The van der Waals surface area contributed by atoms with Crippen molar-refractivity contribution < 1.29 is 4.79 Å². The molecule has 17 heavy (non-hydrogen) atoms. The molecule has 0 saturated heterocycles. The first-order chi connectivity index (χ1) is 8.24. The fraction of sp³-hybridized carbons (Fsp3) is 0.929. The first-order valence-electron chi connectivity index (χ1n) is 7.17. The highest BCUT2D eigenvalue weighted by Gasteiger charge is 2.25. The van der Waals surface area contributed by atoms with Crippen LogP contribution in [0.2, 0.25) is 0 Å². The van der Waals surface area contributed by atoms with Crippen LogP contribution in [-0.2, 0) is 4.79 Å². The molecule has 2 atom stereocenters. The average molecular weight is 304 g/mol. The lowest BCUT2D eigenvalue weighted by atomic mass is 10.1. The summed E-state index contributed by atoms with van der Waals surface area (Å²) in [7, 11) is 0. The van der Waals surface area contributed by atoms with Gasteiger partial charge in [-0.25, -0.2) is 0 Å². The normalized spacial score (nSPS) is 23.9. The van der Waals surface area contributed by atoms with E-state index >= 15 is 0 Å². The number of halogens is 1. The number of hydrogen-bond acceptors (Lipinski definition) is 1. The molecule has 0 aliphatic heterocycles. The average Bonchev–Trinajstić information content (AvgIpc) is 2.69. The van der Waals surface area contributed by atoms with E-state index in [0.29, 0.717) is 17.3 Å². The lowest BCUT2D eigenvalue weighted by Crippen LogP contribution is -2.37. The van der Waals surface area contributed by atoms with Crippen molar-refractivity contribution >= 4 is 21.8 Å². The highest BCUT2D eigenvalue weighted by molar-refractivity contribution is 9.09. The molecule has 0 aromatic rings. The van der Waals surface area contributed by atoms with E-state index in [2.05, 4.69) is 28.2 Å². The van der Waals surface area contributed by atoms with Crippen molar-refractivity contribution in [2.24, 2.45) is 0 Å². The van der Waals surface area contributed by atoms with E-state index in [1.165, 1.54) is 44.9 Å². The number of carbonyl (C=O) groups excluding carboxylic acids is 1. The highest BCUT2D eigenvalue weighted by Crippen LogP contribution is 2.25. The molecule has 0 radical (unpaired) electrons. The van der Waals surface area contributed by atoms with Gasteiger partial charge in [0.25, 0.3) is 0 Å². The summed E-state index contributed by atoms with van der Waals surface area (Å²) in [5.41, 5.74) is 0. The molecular formula is C14H26BrNO. The molecule has 1 N–H and O–H groups in total. The zero-order chi connectivity index (χ0) is 12.5. The lowest BCUT2D eigenvalue weighted by Gasteiger charge is -2.15. The monoisotopic (exact) mass is 303 g/mol. The third kappa shape index (κ3) is 6.44. The number of rotatable bonds is 8. The molecule has 1 aliphatic carbocycles. The molecule has 0 heterocycles. The van der Waals surface area contributed by atoms with Gasteiger partial charge >= 0.3 is 0 Å². The van der Waals surface area contributed by atoms with Crippen LogP contribution in [-0.4, -0.2) is 16.8 Å². The van der Waals surface area contributed by atoms with Crippen LogP contribution < -0.4 is 5.32 Å². The van der Waals surface area contributed by atoms with E-state index in [9.17, 15) is 4.79 Å². The van der Waals surface area contributed by atoms with Crippen molar-refractivity contribution in [3.63, 3.8) is 0 Å². The summed E-state index contributed by atoms with van der Waals surface area (Å²) in [6.07, 6.45) is 11.8. The molecule has 1 fully saturated rings. The number of unbranched alkanes of at least 4 members (excludes halogenated alkanes) is 5. The zero-order valence-electron chi connectivity index (χ0n) is 11.0. The molecule has 0 bridgehead atoms. The van der Waals surface area contributed by atoms with Crippen molar-refractivity contribution in [1.82, 2.24) is 5.32 Å². The number of amides is 1. The minimum absolute atomic E-state index is 0.247. The summed E-state index contributed by atoms with van der Waals surface area (Å²) in [6, 6.07) is 0.377. The minimum atomic E-state index is 0.247. The lowest BCUT2D eigenvalue weighted by molar-refractivity contribution is -0.121. The van der Waals surface area contributed by atoms with Crippen molar-refractivity contribution in [2.45, 2.75) is 82.0 Å². The standard InChI is InChI=1S/C14H26BrNO/c1-2-3-4-5-6-7-11-14(17)16-13-10-8-9-12(13)15/h12-13H,2-11H2,1H3,(H,16,17). The Morgan fingerprint density at radius 3 is 2.53 bits per heavy atom. The fourth-order valence-corrected chi connectivity index (χ4v) is 3.14. The molecule has 1 amide bonds. The van der Waals surface area contributed by atoms with Gasteiger partial charge < -0.3 is 5.32 Å². The van der Waals surface area contributed by atoms with Crippen LogP contribution in [0.1, 0.15) is 71.1 Å². The predicted molar refractivity (Wildman–Crippen MR) is 76.5 cm³/mol. The van der Waals surface area contributed by atoms with Crippen LogP contribution >= 0.6 is 15.9 Å². The maximum Gasteiger partial charge on any atom is 0.220 e. The van der Waals surface area contributed by atoms with Gasteiger partial charge in [-0.15, -0.1) is 0 Å². The van der Waals surface area contributed by atoms with Crippen molar-refractivity contribution in [2.75, 3.05) is 0 Å². The Morgan fingerprint density at radius 1 is 1.18 bits per heavy atom. The third-order valence-electron chi connectivity index (χ3n) is 3.54. The van der Waals surface area contributed by atoms with Crippen LogP contribution in [0.15, 0.2) is 0 Å². The molecule has 0 aromatic carbocycles. The maximum absolute atomic E-state index is 11.7. The topological polar surface area (TPSA) is 29.1 Å². The van der Waals surface area contributed by atoms with Crippen molar-refractivity contribution in [3.05, 3.63) is 0 Å². The summed E-state index contributed by atoms with van der Waals surface area (Å²) >= 11 is 3.63. The van der Waals surface area contributed by atoms with Gasteiger partial charge in [0.05, 0.1) is 0 Å². The van der Waals surface area contributed by atoms with Gasteiger partial charge in [-0.3, -0.25) is 4.79 Å². The van der Waals surface area contributed by atoms with Gasteiger partial charge in [0.1, 0.15) is 0 Å². The Hall–Kier alpha value is -0.0500. The zero-order valence-corrected chi connectivity index (χ0v) is 12.6. The highest BCUT2D eigenvalue weighted by atomic mass is 79.9. The van der Waals surface area contributed by atoms with E-state index in [0.717, 1.165) is 12.8 Å². The molecule has 100 valence electrons. The van der Waals surface area contributed by atoms with Crippen LogP contribution in [0.25, 0.3) is 0 Å². The molecule has 2 nitrogen and oxygen atoms in total. The quantitative estimate of drug-likeness (QED) is 0.529. The summed E-state index contributed by atoms with van der Waals surface area (Å²) in [6.45, 7) is 2.23.